The molecule has 1 amide bonds. The number of nitrogens with one attached hydrogen (secondary N) is 2. The Morgan fingerprint density at radius 3 is 2.71 bits per heavy atom. The highest BCUT2D eigenvalue weighted by atomic mass is 35.5. The van der Waals surface area contributed by atoms with Crippen LogP contribution in [0.5, 0.6) is 0 Å². The van der Waals surface area contributed by atoms with Crippen LogP contribution in [0.15, 0.2) is 12.1 Å². The van der Waals surface area contributed by atoms with Crippen LogP contribution < -0.4 is 10.6 Å². The lowest BCUT2D eigenvalue weighted by molar-refractivity contribution is -0.383. The van der Waals surface area contributed by atoms with Crippen molar-refractivity contribution in [3.05, 3.63) is 32.8 Å². The number of halogens is 1. The summed E-state index contributed by atoms with van der Waals surface area (Å²) < 4.78 is 0. The molecule has 1 aromatic rings. The van der Waals surface area contributed by atoms with E-state index in [0.29, 0.717) is 6.54 Å². The van der Waals surface area contributed by atoms with Gasteiger partial charge in [0.1, 0.15) is 5.69 Å². The number of nitro groups is 1. The van der Waals surface area contributed by atoms with E-state index >= 15 is 0 Å². The van der Waals surface area contributed by atoms with Crippen molar-refractivity contribution in [1.82, 2.24) is 5.32 Å². The Balaban J connectivity index is 2.78. The largest absolute Gasteiger partial charge is 0.381 e. The highest BCUT2D eigenvalue weighted by molar-refractivity contribution is 7.98. The number of hydrogen-bond donors (Lipinski definition) is 2. The summed E-state index contributed by atoms with van der Waals surface area (Å²) in [5, 5.41) is 16.6. The van der Waals surface area contributed by atoms with Crippen LogP contribution >= 0.6 is 23.4 Å². The lowest BCUT2D eigenvalue weighted by atomic mass is 10.1. The first-order chi connectivity index (χ1) is 10.0. The third kappa shape index (κ3) is 5.09. The van der Waals surface area contributed by atoms with Crippen LogP contribution in [-0.4, -0.2) is 36.4 Å². The van der Waals surface area contributed by atoms with Crippen LogP contribution in [0.4, 0.5) is 11.4 Å². The monoisotopic (exact) mass is 331 g/mol. The molecule has 0 fully saturated rings. The van der Waals surface area contributed by atoms with Crippen LogP contribution in [0.25, 0.3) is 0 Å². The van der Waals surface area contributed by atoms with Gasteiger partial charge in [-0.2, -0.15) is 11.8 Å². The SMILES string of the molecule is CNc1c(Cl)cc(C(=O)NCCCCSC)cc1[N+](=O)[O-]. The number of nitrogens with zero attached hydrogens (tertiary/aromatic N) is 1. The molecule has 0 aliphatic rings. The van der Waals surface area contributed by atoms with E-state index in [9.17, 15) is 14.9 Å². The summed E-state index contributed by atoms with van der Waals surface area (Å²) in [6.07, 6.45) is 3.92. The molecule has 0 aliphatic heterocycles. The van der Waals surface area contributed by atoms with Crippen LogP contribution in [0.2, 0.25) is 5.02 Å². The lowest BCUT2D eigenvalue weighted by Gasteiger charge is -2.09. The summed E-state index contributed by atoms with van der Waals surface area (Å²) in [5.74, 6) is 0.691. The topological polar surface area (TPSA) is 84.3 Å². The molecule has 0 heterocycles. The van der Waals surface area contributed by atoms with Gasteiger partial charge in [-0.1, -0.05) is 11.6 Å². The second-order valence-electron chi connectivity index (χ2n) is 4.32. The maximum absolute atomic E-state index is 12.0. The van der Waals surface area contributed by atoms with Crippen molar-refractivity contribution in [2.75, 3.05) is 30.9 Å². The number of hydrogen-bond acceptors (Lipinski definition) is 5. The summed E-state index contributed by atoms with van der Waals surface area (Å²) in [6, 6.07) is 2.66. The predicted molar refractivity (Wildman–Crippen MR) is 87.6 cm³/mol. The van der Waals surface area contributed by atoms with E-state index in [-0.39, 0.29) is 27.9 Å². The van der Waals surface area contributed by atoms with E-state index in [4.69, 9.17) is 11.6 Å². The number of amides is 1. The molecule has 0 aliphatic carbocycles. The smallest absolute Gasteiger partial charge is 0.294 e. The fourth-order valence-corrected chi connectivity index (χ4v) is 2.59. The Kier molecular flexibility index (Phi) is 7.31. The molecule has 116 valence electrons. The zero-order valence-corrected chi connectivity index (χ0v) is 13.5. The fourth-order valence-electron chi connectivity index (χ4n) is 1.79. The first-order valence-electron chi connectivity index (χ1n) is 6.44. The molecule has 21 heavy (non-hydrogen) atoms. The van der Waals surface area contributed by atoms with Gasteiger partial charge >= 0.3 is 0 Å². The number of benzene rings is 1. The van der Waals surface area contributed by atoms with E-state index in [2.05, 4.69) is 10.6 Å². The van der Waals surface area contributed by atoms with Crippen molar-refractivity contribution >= 4 is 40.6 Å². The molecule has 6 nitrogen and oxygen atoms in total. The van der Waals surface area contributed by atoms with Crippen LogP contribution in [0.3, 0.4) is 0 Å². The maximum Gasteiger partial charge on any atom is 0.294 e. The Morgan fingerprint density at radius 2 is 2.14 bits per heavy atom. The minimum Gasteiger partial charge on any atom is -0.381 e. The molecule has 8 heteroatoms. The summed E-state index contributed by atoms with van der Waals surface area (Å²) in [6.45, 7) is 0.540. The van der Waals surface area contributed by atoms with Gasteiger partial charge in [0.15, 0.2) is 0 Å². The molecule has 0 radical (unpaired) electrons. The normalized spacial score (nSPS) is 10.2. The molecule has 0 spiro atoms. The number of carbonyl (C=O) groups is 1. The van der Waals surface area contributed by atoms with Crippen LogP contribution in [-0.2, 0) is 0 Å². The van der Waals surface area contributed by atoms with Gasteiger partial charge in [-0.15, -0.1) is 0 Å². The molecular formula is C13H18ClN3O3S. The van der Waals surface area contributed by atoms with Gasteiger partial charge in [0.05, 0.1) is 9.95 Å². The number of rotatable bonds is 8. The Hall–Kier alpha value is -1.47. The zero-order valence-electron chi connectivity index (χ0n) is 11.9. The highest BCUT2D eigenvalue weighted by Crippen LogP contribution is 2.33. The first-order valence-corrected chi connectivity index (χ1v) is 8.21. The Morgan fingerprint density at radius 1 is 1.43 bits per heavy atom. The number of unbranched alkanes of at least 4 members (excludes halogenated alkanes) is 1. The molecule has 0 saturated heterocycles. The van der Waals surface area contributed by atoms with E-state index < -0.39 is 4.92 Å². The van der Waals surface area contributed by atoms with E-state index in [1.54, 1.807) is 18.8 Å². The van der Waals surface area contributed by atoms with Gasteiger partial charge in [0.2, 0.25) is 0 Å². The Labute approximate surface area is 132 Å². The molecule has 0 atom stereocenters. The quantitative estimate of drug-likeness (QED) is 0.434. The molecule has 0 unspecified atom stereocenters. The third-order valence-corrected chi connectivity index (χ3v) is 3.83. The summed E-state index contributed by atoms with van der Waals surface area (Å²) in [7, 11) is 1.54. The molecule has 2 N–H and O–H groups in total. The zero-order chi connectivity index (χ0) is 15.8. The summed E-state index contributed by atoms with van der Waals surface area (Å²) in [5.41, 5.74) is 0.186. The van der Waals surface area contributed by atoms with Crippen molar-refractivity contribution in [3.8, 4) is 0 Å². The molecule has 1 aromatic carbocycles. The maximum atomic E-state index is 12.0. The molecular weight excluding hydrogens is 314 g/mol. The number of anilines is 1. The molecule has 1 rings (SSSR count). The van der Waals surface area contributed by atoms with Gasteiger partial charge in [-0.05, 0) is 30.9 Å². The van der Waals surface area contributed by atoms with Gasteiger partial charge in [-0.25, -0.2) is 0 Å². The predicted octanol–water partition coefficient (Wildman–Crippen LogP) is 3.16. The second kappa shape index (κ2) is 8.74. The van der Waals surface area contributed by atoms with Crippen molar-refractivity contribution < 1.29 is 9.72 Å². The molecule has 0 saturated carbocycles. The number of thioether (sulfide) groups is 1. The van der Waals surface area contributed by atoms with Gasteiger partial charge in [-0.3, -0.25) is 14.9 Å². The van der Waals surface area contributed by atoms with Gasteiger partial charge < -0.3 is 10.6 Å². The number of nitro benzene ring substituents is 1. The van der Waals surface area contributed by atoms with Crippen molar-refractivity contribution in [2.24, 2.45) is 0 Å². The second-order valence-corrected chi connectivity index (χ2v) is 5.71. The van der Waals surface area contributed by atoms with Crippen LogP contribution in [0.1, 0.15) is 23.2 Å². The lowest BCUT2D eigenvalue weighted by Crippen LogP contribution is -2.24. The van der Waals surface area contributed by atoms with E-state index in [0.717, 1.165) is 18.6 Å². The first kappa shape index (κ1) is 17.6. The van der Waals surface area contributed by atoms with Gasteiger partial charge in [0, 0.05) is 25.2 Å². The molecule has 0 bridgehead atoms. The standard InChI is InChI=1S/C13H18ClN3O3S/c1-15-12-10(14)7-9(8-11(12)17(19)20)13(18)16-5-3-4-6-21-2/h7-8,15H,3-6H2,1-2H3,(H,16,18). The minimum absolute atomic E-state index is 0.152. The van der Waals surface area contributed by atoms with Crippen molar-refractivity contribution in [2.45, 2.75) is 12.8 Å². The van der Waals surface area contributed by atoms with Gasteiger partial charge in [0.25, 0.3) is 11.6 Å². The average Bonchev–Trinajstić information content (AvgIpc) is 2.45. The van der Waals surface area contributed by atoms with Crippen molar-refractivity contribution in [3.63, 3.8) is 0 Å². The van der Waals surface area contributed by atoms with Crippen LogP contribution in [0, 0.1) is 10.1 Å². The minimum atomic E-state index is -0.563. The Bertz CT molecular complexity index is 526. The van der Waals surface area contributed by atoms with E-state index in [1.807, 2.05) is 6.26 Å². The number of carbonyl (C=O) groups excluding carboxylic acids is 1. The van der Waals surface area contributed by atoms with E-state index in [1.165, 1.54) is 12.1 Å². The summed E-state index contributed by atoms with van der Waals surface area (Å²) >= 11 is 7.73. The fraction of sp³-hybridized carbons (Fsp3) is 0.462. The molecule has 0 aromatic heterocycles. The average molecular weight is 332 g/mol. The van der Waals surface area contributed by atoms with Crippen molar-refractivity contribution in [1.29, 1.82) is 0 Å². The third-order valence-electron chi connectivity index (χ3n) is 2.84. The summed E-state index contributed by atoms with van der Waals surface area (Å²) in [4.78, 5) is 22.4. The highest BCUT2D eigenvalue weighted by Gasteiger charge is 2.20.